The number of nitrogen functional groups attached to an aromatic ring is 1. The predicted octanol–water partition coefficient (Wildman–Crippen LogP) is 2.07. The van der Waals surface area contributed by atoms with Crippen LogP contribution in [0.4, 0.5) is 5.82 Å². The number of rotatable bonds is 1. The molecule has 3 unspecified atom stereocenters. The Labute approximate surface area is 87.3 Å². The number of hydrogen-bond donors (Lipinski definition) is 1. The minimum absolute atomic E-state index is 0.421. The third kappa shape index (κ3) is 1.17. The lowest BCUT2D eigenvalue weighted by Gasteiger charge is -2.15. The van der Waals surface area contributed by atoms with Crippen molar-refractivity contribution in [3.8, 4) is 0 Å². The van der Waals surface area contributed by atoms with Gasteiger partial charge in [0.05, 0.1) is 12.2 Å². The van der Waals surface area contributed by atoms with Gasteiger partial charge in [0.1, 0.15) is 10.8 Å². The fraction of sp³-hybridized carbons (Fsp3) is 0.700. The molecule has 2 saturated heterocycles. The molecule has 3 heterocycles. The van der Waals surface area contributed by atoms with Gasteiger partial charge in [0, 0.05) is 10.8 Å². The molecule has 0 saturated carbocycles. The molecule has 76 valence electrons. The lowest BCUT2D eigenvalue weighted by atomic mass is 9.90. The first kappa shape index (κ1) is 8.68. The Bertz CT molecular complexity index is 344. The van der Waals surface area contributed by atoms with E-state index in [2.05, 4.69) is 4.98 Å². The Morgan fingerprint density at radius 1 is 1.50 bits per heavy atom. The van der Waals surface area contributed by atoms with Crippen molar-refractivity contribution < 1.29 is 4.74 Å². The summed E-state index contributed by atoms with van der Waals surface area (Å²) in [6.07, 6.45) is 4.51. The summed E-state index contributed by atoms with van der Waals surface area (Å²) in [5, 5.41) is 1.19. The van der Waals surface area contributed by atoms with Crippen molar-refractivity contribution in [3.63, 3.8) is 0 Å². The van der Waals surface area contributed by atoms with E-state index in [4.69, 9.17) is 10.5 Å². The van der Waals surface area contributed by atoms with Gasteiger partial charge in [-0.15, -0.1) is 11.3 Å². The topological polar surface area (TPSA) is 48.1 Å². The maximum absolute atomic E-state index is 5.81. The van der Waals surface area contributed by atoms with E-state index < -0.39 is 0 Å². The van der Waals surface area contributed by atoms with E-state index in [-0.39, 0.29) is 0 Å². The van der Waals surface area contributed by atoms with E-state index in [0.717, 1.165) is 11.3 Å². The molecule has 4 heteroatoms. The largest absolute Gasteiger partial charge is 0.383 e. The lowest BCUT2D eigenvalue weighted by Crippen LogP contribution is -2.13. The highest BCUT2D eigenvalue weighted by molar-refractivity contribution is 7.12. The van der Waals surface area contributed by atoms with Gasteiger partial charge in [0.25, 0.3) is 0 Å². The highest BCUT2D eigenvalue weighted by Gasteiger charge is 2.42. The fourth-order valence-electron chi connectivity index (χ4n) is 2.49. The van der Waals surface area contributed by atoms with Crippen LogP contribution in [0.25, 0.3) is 0 Å². The van der Waals surface area contributed by atoms with Crippen LogP contribution in [0.3, 0.4) is 0 Å². The normalized spacial score (nSPS) is 35.4. The molecule has 14 heavy (non-hydrogen) atoms. The third-order valence-electron chi connectivity index (χ3n) is 3.27. The molecule has 1 aromatic rings. The summed E-state index contributed by atoms with van der Waals surface area (Å²) in [5.41, 5.74) is 5.76. The minimum Gasteiger partial charge on any atom is -0.383 e. The van der Waals surface area contributed by atoms with Crippen LogP contribution >= 0.6 is 11.3 Å². The summed E-state index contributed by atoms with van der Waals surface area (Å²) in [6, 6.07) is 0. The first-order chi connectivity index (χ1) is 6.74. The van der Waals surface area contributed by atoms with Crippen molar-refractivity contribution in [3.05, 3.63) is 9.88 Å². The van der Waals surface area contributed by atoms with Crippen LogP contribution in [0, 0.1) is 6.92 Å². The van der Waals surface area contributed by atoms with E-state index >= 15 is 0 Å². The first-order valence-corrected chi connectivity index (χ1v) is 5.94. The van der Waals surface area contributed by atoms with Crippen LogP contribution in [-0.2, 0) is 4.74 Å². The summed E-state index contributed by atoms with van der Waals surface area (Å²) in [6.45, 7) is 2.03. The second-order valence-corrected chi connectivity index (χ2v) is 5.44. The summed E-state index contributed by atoms with van der Waals surface area (Å²) < 4.78 is 5.81. The van der Waals surface area contributed by atoms with E-state index in [9.17, 15) is 0 Å². The van der Waals surface area contributed by atoms with E-state index in [1.807, 2.05) is 6.92 Å². The standard InChI is InChI=1S/C10H14N2OS/c1-5-9(11)12-10(14-5)7-4-6-2-3-8(7)13-6/h6-8H,2-4,11H2,1H3. The molecule has 1 aromatic heterocycles. The van der Waals surface area contributed by atoms with Crippen LogP contribution in [0.2, 0.25) is 0 Å². The van der Waals surface area contributed by atoms with Crippen LogP contribution < -0.4 is 5.73 Å². The zero-order chi connectivity index (χ0) is 9.71. The lowest BCUT2D eigenvalue weighted by molar-refractivity contribution is 0.101. The van der Waals surface area contributed by atoms with Crippen LogP contribution in [0.15, 0.2) is 0 Å². The SMILES string of the molecule is Cc1sc(C2CC3CCC2O3)nc1N. The number of hydrogen-bond acceptors (Lipinski definition) is 4. The molecule has 0 spiro atoms. The molecule has 2 fully saturated rings. The quantitative estimate of drug-likeness (QED) is 0.772. The van der Waals surface area contributed by atoms with Crippen molar-refractivity contribution in [1.82, 2.24) is 4.98 Å². The van der Waals surface area contributed by atoms with Crippen molar-refractivity contribution in [1.29, 1.82) is 0 Å². The summed E-state index contributed by atoms with van der Waals surface area (Å²) in [7, 11) is 0. The molecule has 0 aromatic carbocycles. The molecule has 2 N–H and O–H groups in total. The van der Waals surface area contributed by atoms with Crippen molar-refractivity contribution in [2.24, 2.45) is 0 Å². The molecule has 3 rings (SSSR count). The maximum Gasteiger partial charge on any atom is 0.137 e. The predicted molar refractivity (Wildman–Crippen MR) is 56.5 cm³/mol. The molecule has 0 aliphatic carbocycles. The Kier molecular flexibility index (Phi) is 1.82. The Hall–Kier alpha value is -0.610. The number of aryl methyl sites for hydroxylation is 1. The van der Waals surface area contributed by atoms with Gasteiger partial charge in [-0.1, -0.05) is 0 Å². The van der Waals surface area contributed by atoms with Crippen molar-refractivity contribution in [2.45, 2.75) is 44.3 Å². The maximum atomic E-state index is 5.81. The Morgan fingerprint density at radius 3 is 2.86 bits per heavy atom. The second-order valence-electron chi connectivity index (χ2n) is 4.21. The molecule has 2 aliphatic rings. The molecular formula is C10H14N2OS. The average molecular weight is 210 g/mol. The first-order valence-electron chi connectivity index (χ1n) is 5.12. The van der Waals surface area contributed by atoms with Crippen molar-refractivity contribution in [2.75, 3.05) is 5.73 Å². The number of nitrogens with zero attached hydrogens (tertiary/aromatic N) is 1. The smallest absolute Gasteiger partial charge is 0.137 e. The molecule has 3 nitrogen and oxygen atoms in total. The number of anilines is 1. The van der Waals surface area contributed by atoms with Crippen molar-refractivity contribution >= 4 is 17.2 Å². The van der Waals surface area contributed by atoms with Gasteiger partial charge < -0.3 is 10.5 Å². The minimum atomic E-state index is 0.421. The number of thiazole rings is 1. The summed E-state index contributed by atoms with van der Waals surface area (Å²) in [5.74, 6) is 1.22. The zero-order valence-corrected chi connectivity index (χ0v) is 9.01. The van der Waals surface area contributed by atoms with Gasteiger partial charge in [-0.3, -0.25) is 0 Å². The fourth-order valence-corrected chi connectivity index (χ4v) is 3.49. The molecule has 2 aliphatic heterocycles. The highest BCUT2D eigenvalue weighted by Crippen LogP contribution is 2.45. The number of aromatic nitrogens is 1. The van der Waals surface area contributed by atoms with E-state index in [1.54, 1.807) is 11.3 Å². The monoisotopic (exact) mass is 210 g/mol. The van der Waals surface area contributed by atoms with Gasteiger partial charge in [0.2, 0.25) is 0 Å². The molecule has 0 radical (unpaired) electrons. The molecule has 0 amide bonds. The van der Waals surface area contributed by atoms with Crippen LogP contribution in [0.5, 0.6) is 0 Å². The summed E-state index contributed by atoms with van der Waals surface area (Å²) in [4.78, 5) is 5.57. The molecular weight excluding hydrogens is 196 g/mol. The van der Waals surface area contributed by atoms with E-state index in [0.29, 0.717) is 23.9 Å². The number of fused-ring (bicyclic) bond motifs is 2. The Morgan fingerprint density at radius 2 is 2.36 bits per heavy atom. The van der Waals surface area contributed by atoms with Crippen LogP contribution in [-0.4, -0.2) is 17.2 Å². The Balaban J connectivity index is 1.89. The van der Waals surface area contributed by atoms with Gasteiger partial charge in [0.15, 0.2) is 0 Å². The number of nitrogens with two attached hydrogens (primary N) is 1. The van der Waals surface area contributed by atoms with Gasteiger partial charge in [-0.25, -0.2) is 4.98 Å². The molecule has 2 bridgehead atoms. The van der Waals surface area contributed by atoms with Gasteiger partial charge >= 0.3 is 0 Å². The zero-order valence-electron chi connectivity index (χ0n) is 8.19. The molecule has 3 atom stereocenters. The number of ether oxygens (including phenoxy) is 1. The highest BCUT2D eigenvalue weighted by atomic mass is 32.1. The van der Waals surface area contributed by atoms with Gasteiger partial charge in [-0.05, 0) is 26.2 Å². The average Bonchev–Trinajstić information content (AvgIpc) is 2.82. The van der Waals surface area contributed by atoms with Gasteiger partial charge in [-0.2, -0.15) is 0 Å². The van der Waals surface area contributed by atoms with E-state index in [1.165, 1.54) is 17.8 Å². The third-order valence-corrected chi connectivity index (χ3v) is 4.39. The summed E-state index contributed by atoms with van der Waals surface area (Å²) >= 11 is 1.74. The van der Waals surface area contributed by atoms with Crippen LogP contribution in [0.1, 0.15) is 35.1 Å². The second kappa shape index (κ2) is 2.94.